The summed E-state index contributed by atoms with van der Waals surface area (Å²) in [6, 6.07) is 27.8. The molecular weight excluding hydrogens is 424 g/mol. The summed E-state index contributed by atoms with van der Waals surface area (Å²) >= 11 is 0. The van der Waals surface area contributed by atoms with Crippen molar-refractivity contribution in [2.45, 2.75) is 45.0 Å². The number of hydrogen-bond donors (Lipinski definition) is 0. The molecule has 2 bridgehead atoms. The van der Waals surface area contributed by atoms with E-state index in [-0.39, 0.29) is 17.7 Å². The molecule has 5 heteroatoms. The summed E-state index contributed by atoms with van der Waals surface area (Å²) in [4.78, 5) is 31.6. The summed E-state index contributed by atoms with van der Waals surface area (Å²) in [6.07, 6.45) is 0.602. The van der Waals surface area contributed by atoms with Gasteiger partial charge in [-0.3, -0.25) is 9.59 Å². The van der Waals surface area contributed by atoms with Crippen molar-refractivity contribution in [3.63, 3.8) is 0 Å². The third kappa shape index (κ3) is 3.96. The molecule has 3 aromatic rings. The normalized spacial score (nSPS) is 23.1. The monoisotopic (exact) mass is 454 g/mol. The van der Waals surface area contributed by atoms with Gasteiger partial charge in [-0.2, -0.15) is 0 Å². The van der Waals surface area contributed by atoms with Gasteiger partial charge in [-0.05, 0) is 36.6 Å². The summed E-state index contributed by atoms with van der Waals surface area (Å²) in [7, 11) is 0. The molecular formula is C29H30N2O3. The quantitative estimate of drug-likeness (QED) is 0.494. The molecule has 0 saturated carbocycles. The van der Waals surface area contributed by atoms with Crippen LogP contribution in [-0.2, 0) is 22.7 Å². The van der Waals surface area contributed by atoms with E-state index in [2.05, 4.69) is 0 Å². The Morgan fingerprint density at radius 1 is 0.941 bits per heavy atom. The van der Waals surface area contributed by atoms with Crippen LogP contribution in [0.25, 0.3) is 0 Å². The van der Waals surface area contributed by atoms with E-state index in [0.29, 0.717) is 26.1 Å². The Morgan fingerprint density at radius 2 is 1.50 bits per heavy atom. The molecule has 0 N–H and O–H groups in total. The average Bonchev–Trinajstić information content (AvgIpc) is 2.84. The molecule has 0 aliphatic carbocycles. The number of ether oxygens (including phenoxy) is 1. The van der Waals surface area contributed by atoms with Gasteiger partial charge in [0.2, 0.25) is 11.8 Å². The Kier molecular flexibility index (Phi) is 5.86. The highest BCUT2D eigenvalue weighted by Gasteiger charge is 2.56. The smallest absolute Gasteiger partial charge is 0.238 e. The lowest BCUT2D eigenvalue weighted by atomic mass is 9.73. The molecule has 174 valence electrons. The predicted octanol–water partition coefficient (Wildman–Crippen LogP) is 4.98. The van der Waals surface area contributed by atoms with Crippen molar-refractivity contribution in [3.05, 3.63) is 102 Å². The van der Waals surface area contributed by atoms with Gasteiger partial charge in [-0.1, -0.05) is 78.9 Å². The van der Waals surface area contributed by atoms with Crippen LogP contribution in [0.5, 0.6) is 5.75 Å². The first-order valence-corrected chi connectivity index (χ1v) is 12.0. The maximum atomic E-state index is 14.2. The van der Waals surface area contributed by atoms with Crippen molar-refractivity contribution in [3.8, 4) is 5.75 Å². The molecule has 3 aromatic carbocycles. The second-order valence-electron chi connectivity index (χ2n) is 9.35. The number of rotatable bonds is 6. The van der Waals surface area contributed by atoms with Crippen LogP contribution in [0.4, 0.5) is 0 Å². The number of nitrogens with zero attached hydrogens (tertiary/aromatic N) is 2. The van der Waals surface area contributed by atoms with Gasteiger partial charge in [0.25, 0.3) is 0 Å². The van der Waals surface area contributed by atoms with Crippen molar-refractivity contribution in [1.29, 1.82) is 0 Å². The summed E-state index contributed by atoms with van der Waals surface area (Å²) in [5, 5.41) is 0. The fourth-order valence-corrected chi connectivity index (χ4v) is 5.50. The lowest BCUT2D eigenvalue weighted by Crippen LogP contribution is -2.64. The second kappa shape index (κ2) is 8.98. The van der Waals surface area contributed by atoms with Crippen molar-refractivity contribution >= 4 is 11.8 Å². The number of benzene rings is 3. The number of fused-ring (bicyclic) bond motifs is 4. The van der Waals surface area contributed by atoms with Crippen LogP contribution in [0.2, 0.25) is 0 Å². The second-order valence-corrected chi connectivity index (χ2v) is 9.35. The minimum atomic E-state index is -0.773. The van der Waals surface area contributed by atoms with Crippen molar-refractivity contribution in [1.82, 2.24) is 9.80 Å². The largest absolute Gasteiger partial charge is 0.468 e. The highest BCUT2D eigenvalue weighted by Crippen LogP contribution is 2.50. The van der Waals surface area contributed by atoms with E-state index in [1.165, 1.54) is 0 Å². The van der Waals surface area contributed by atoms with Gasteiger partial charge in [-0.25, -0.2) is 0 Å². The molecule has 1 saturated heterocycles. The number of likely N-dealkylation sites (tertiary alicyclic amines) is 1. The van der Waals surface area contributed by atoms with Gasteiger partial charge in [0, 0.05) is 32.0 Å². The van der Waals surface area contributed by atoms with E-state index in [0.717, 1.165) is 22.4 Å². The standard InChI is InChI=1S/C29H30N2O3/c1-3-31-28(33)26(24-18-29(31,2)34-25-17-11-10-16-23(24)25)27(32)30(19-21-12-6-4-7-13-21)20-22-14-8-5-9-15-22/h4-17,24,26H,3,18-20H2,1-2H3/t24-,26-,29+/m0/s1. The lowest BCUT2D eigenvalue weighted by Gasteiger charge is -2.53. The first-order valence-electron chi connectivity index (χ1n) is 12.0. The zero-order chi connectivity index (χ0) is 23.7. The highest BCUT2D eigenvalue weighted by atomic mass is 16.5. The van der Waals surface area contributed by atoms with E-state index in [9.17, 15) is 9.59 Å². The molecule has 3 atom stereocenters. The van der Waals surface area contributed by atoms with Crippen LogP contribution in [0.1, 0.15) is 42.9 Å². The van der Waals surface area contributed by atoms with E-state index in [1.807, 2.05) is 104 Å². The van der Waals surface area contributed by atoms with Crippen LogP contribution in [-0.4, -0.2) is 33.9 Å². The van der Waals surface area contributed by atoms with Gasteiger partial charge >= 0.3 is 0 Å². The SMILES string of the molecule is CCN1C(=O)[C@H](C(=O)N(Cc2ccccc2)Cc2ccccc2)[C@H]2C[C@@]1(C)Oc1ccccc12. The Labute approximate surface area is 201 Å². The van der Waals surface area contributed by atoms with Gasteiger partial charge in [-0.15, -0.1) is 0 Å². The molecule has 5 nitrogen and oxygen atoms in total. The minimum Gasteiger partial charge on any atom is -0.468 e. The molecule has 1 fully saturated rings. The first-order chi connectivity index (χ1) is 16.5. The van der Waals surface area contributed by atoms with E-state index < -0.39 is 11.6 Å². The zero-order valence-electron chi connectivity index (χ0n) is 19.7. The van der Waals surface area contributed by atoms with Crippen LogP contribution < -0.4 is 4.74 Å². The Bertz CT molecular complexity index is 1140. The number of amides is 2. The summed E-state index contributed by atoms with van der Waals surface area (Å²) < 4.78 is 6.32. The van der Waals surface area contributed by atoms with Crippen molar-refractivity contribution < 1.29 is 14.3 Å². The topological polar surface area (TPSA) is 49.9 Å². The molecule has 2 amide bonds. The number of para-hydroxylation sites is 1. The number of hydrogen-bond acceptors (Lipinski definition) is 3. The molecule has 0 spiro atoms. The Morgan fingerprint density at radius 3 is 2.09 bits per heavy atom. The van der Waals surface area contributed by atoms with E-state index in [4.69, 9.17) is 4.74 Å². The molecule has 2 heterocycles. The number of carbonyl (C=O) groups excluding carboxylic acids is 2. The van der Waals surface area contributed by atoms with Crippen LogP contribution in [0.15, 0.2) is 84.9 Å². The zero-order valence-corrected chi connectivity index (χ0v) is 19.7. The lowest BCUT2D eigenvalue weighted by molar-refractivity contribution is -0.178. The van der Waals surface area contributed by atoms with Crippen molar-refractivity contribution in [2.75, 3.05) is 6.54 Å². The number of piperidine rings is 1. The van der Waals surface area contributed by atoms with Gasteiger partial charge < -0.3 is 14.5 Å². The van der Waals surface area contributed by atoms with Crippen LogP contribution >= 0.6 is 0 Å². The average molecular weight is 455 g/mol. The maximum absolute atomic E-state index is 14.2. The van der Waals surface area contributed by atoms with Crippen molar-refractivity contribution in [2.24, 2.45) is 5.92 Å². The fourth-order valence-electron chi connectivity index (χ4n) is 5.50. The third-order valence-electron chi connectivity index (χ3n) is 7.08. The van der Waals surface area contributed by atoms with Gasteiger partial charge in [0.05, 0.1) is 0 Å². The Hall–Kier alpha value is -3.60. The molecule has 2 aliphatic rings. The molecule has 34 heavy (non-hydrogen) atoms. The summed E-state index contributed by atoms with van der Waals surface area (Å²) in [5.41, 5.74) is 2.28. The summed E-state index contributed by atoms with van der Waals surface area (Å²) in [6.45, 7) is 5.30. The maximum Gasteiger partial charge on any atom is 0.238 e. The van der Waals surface area contributed by atoms with Crippen LogP contribution in [0, 0.1) is 5.92 Å². The van der Waals surface area contributed by atoms with E-state index >= 15 is 0 Å². The minimum absolute atomic E-state index is 0.125. The third-order valence-corrected chi connectivity index (χ3v) is 7.08. The molecule has 0 aromatic heterocycles. The van der Waals surface area contributed by atoms with E-state index in [1.54, 1.807) is 4.90 Å². The summed E-state index contributed by atoms with van der Waals surface area (Å²) in [5.74, 6) is -0.494. The number of carbonyl (C=O) groups is 2. The van der Waals surface area contributed by atoms with Gasteiger partial charge in [0.1, 0.15) is 11.7 Å². The molecule has 5 rings (SSSR count). The predicted molar refractivity (Wildman–Crippen MR) is 131 cm³/mol. The fraction of sp³-hybridized carbons (Fsp3) is 0.310. The first kappa shape index (κ1) is 22.2. The molecule has 2 aliphatic heterocycles. The van der Waals surface area contributed by atoms with Gasteiger partial charge in [0.15, 0.2) is 5.72 Å². The Balaban J connectivity index is 1.54. The van der Waals surface area contributed by atoms with Crippen LogP contribution in [0.3, 0.4) is 0 Å². The molecule has 0 radical (unpaired) electrons. The highest BCUT2D eigenvalue weighted by molar-refractivity contribution is 6.02. The molecule has 0 unspecified atom stereocenters.